The van der Waals surface area contributed by atoms with Crippen LogP contribution in [-0.4, -0.2) is 6.04 Å². The van der Waals surface area contributed by atoms with Gasteiger partial charge in [-0.1, -0.05) is 32.0 Å². The van der Waals surface area contributed by atoms with Crippen LogP contribution < -0.4 is 5.32 Å². The van der Waals surface area contributed by atoms with Gasteiger partial charge in [0.05, 0.1) is 6.04 Å². The monoisotopic (exact) mass is 217 g/mol. The standard InChI is InChI=1S/C14H19NO/c1-9(2)15-11(4)14-10(3)12-7-5-6-8-13(12)16-14/h5-9,11,15H,1-4H3. The van der Waals surface area contributed by atoms with Crippen LogP contribution in [-0.2, 0) is 0 Å². The molecule has 1 atom stereocenters. The van der Waals surface area contributed by atoms with Gasteiger partial charge in [-0.05, 0) is 25.5 Å². The lowest BCUT2D eigenvalue weighted by molar-refractivity contribution is 0.421. The van der Waals surface area contributed by atoms with Gasteiger partial charge in [0.25, 0.3) is 0 Å². The topological polar surface area (TPSA) is 25.2 Å². The lowest BCUT2D eigenvalue weighted by Gasteiger charge is -2.15. The van der Waals surface area contributed by atoms with Crippen LogP contribution in [0.15, 0.2) is 28.7 Å². The Morgan fingerprint density at radius 1 is 1.12 bits per heavy atom. The maximum absolute atomic E-state index is 5.90. The molecule has 0 fully saturated rings. The summed E-state index contributed by atoms with van der Waals surface area (Å²) in [7, 11) is 0. The van der Waals surface area contributed by atoms with Gasteiger partial charge < -0.3 is 9.73 Å². The molecule has 1 aromatic carbocycles. The summed E-state index contributed by atoms with van der Waals surface area (Å²) in [5.74, 6) is 1.05. The average molecular weight is 217 g/mol. The van der Waals surface area contributed by atoms with Crippen LogP contribution in [0.2, 0.25) is 0 Å². The molecule has 0 aliphatic rings. The first-order chi connectivity index (χ1) is 7.59. The number of hydrogen-bond donors (Lipinski definition) is 1. The third-order valence-electron chi connectivity index (χ3n) is 2.86. The lowest BCUT2D eigenvalue weighted by Crippen LogP contribution is -2.26. The largest absolute Gasteiger partial charge is 0.459 e. The quantitative estimate of drug-likeness (QED) is 0.846. The zero-order chi connectivity index (χ0) is 11.7. The van der Waals surface area contributed by atoms with Gasteiger partial charge in [-0.2, -0.15) is 0 Å². The molecule has 0 amide bonds. The Morgan fingerprint density at radius 2 is 1.81 bits per heavy atom. The van der Waals surface area contributed by atoms with Gasteiger partial charge in [-0.15, -0.1) is 0 Å². The van der Waals surface area contributed by atoms with E-state index in [1.165, 1.54) is 10.9 Å². The van der Waals surface area contributed by atoms with Crippen LogP contribution in [0.3, 0.4) is 0 Å². The summed E-state index contributed by atoms with van der Waals surface area (Å²) < 4.78 is 5.90. The maximum Gasteiger partial charge on any atom is 0.134 e. The number of benzene rings is 1. The van der Waals surface area contributed by atoms with Crippen LogP contribution in [0.1, 0.15) is 38.1 Å². The Balaban J connectivity index is 2.41. The van der Waals surface area contributed by atoms with Gasteiger partial charge in [-0.25, -0.2) is 0 Å². The van der Waals surface area contributed by atoms with Gasteiger partial charge in [0.15, 0.2) is 0 Å². The van der Waals surface area contributed by atoms with E-state index in [1.54, 1.807) is 0 Å². The number of para-hydroxylation sites is 1. The second kappa shape index (κ2) is 4.30. The summed E-state index contributed by atoms with van der Waals surface area (Å²) in [4.78, 5) is 0. The fraction of sp³-hybridized carbons (Fsp3) is 0.429. The van der Waals surface area contributed by atoms with E-state index in [4.69, 9.17) is 4.42 Å². The Hall–Kier alpha value is -1.28. The van der Waals surface area contributed by atoms with Crippen molar-refractivity contribution in [3.05, 3.63) is 35.6 Å². The lowest BCUT2D eigenvalue weighted by atomic mass is 10.1. The van der Waals surface area contributed by atoms with E-state index in [0.717, 1.165) is 11.3 Å². The Kier molecular flexibility index (Phi) is 3.01. The highest BCUT2D eigenvalue weighted by molar-refractivity contribution is 5.82. The second-order valence-corrected chi connectivity index (χ2v) is 4.63. The summed E-state index contributed by atoms with van der Waals surface area (Å²) in [6.45, 7) is 8.56. The third kappa shape index (κ3) is 1.98. The highest BCUT2D eigenvalue weighted by atomic mass is 16.3. The second-order valence-electron chi connectivity index (χ2n) is 4.63. The van der Waals surface area contributed by atoms with Crippen molar-refractivity contribution in [1.82, 2.24) is 5.32 Å². The molecule has 0 bridgehead atoms. The first-order valence-corrected chi connectivity index (χ1v) is 5.83. The van der Waals surface area contributed by atoms with E-state index in [1.807, 2.05) is 12.1 Å². The molecule has 1 unspecified atom stereocenters. The average Bonchev–Trinajstić information content (AvgIpc) is 2.56. The zero-order valence-electron chi connectivity index (χ0n) is 10.4. The fourth-order valence-corrected chi connectivity index (χ4v) is 2.18. The highest BCUT2D eigenvalue weighted by Crippen LogP contribution is 2.29. The van der Waals surface area contributed by atoms with Gasteiger partial charge in [0.1, 0.15) is 11.3 Å². The molecule has 2 heteroatoms. The van der Waals surface area contributed by atoms with E-state index in [0.29, 0.717) is 6.04 Å². The molecule has 16 heavy (non-hydrogen) atoms. The molecular weight excluding hydrogens is 198 g/mol. The van der Waals surface area contributed by atoms with Crippen LogP contribution >= 0.6 is 0 Å². The summed E-state index contributed by atoms with van der Waals surface area (Å²) in [6, 6.07) is 8.91. The normalized spacial score (nSPS) is 13.6. The van der Waals surface area contributed by atoms with Gasteiger partial charge >= 0.3 is 0 Å². The van der Waals surface area contributed by atoms with Gasteiger partial charge in [-0.3, -0.25) is 0 Å². The van der Waals surface area contributed by atoms with Crippen molar-refractivity contribution in [2.24, 2.45) is 0 Å². The smallest absolute Gasteiger partial charge is 0.134 e. The third-order valence-corrected chi connectivity index (χ3v) is 2.86. The van der Waals surface area contributed by atoms with Crippen molar-refractivity contribution in [2.75, 3.05) is 0 Å². The summed E-state index contributed by atoms with van der Waals surface area (Å²) in [5.41, 5.74) is 2.23. The minimum atomic E-state index is 0.257. The summed E-state index contributed by atoms with van der Waals surface area (Å²) in [6.07, 6.45) is 0. The van der Waals surface area contributed by atoms with E-state index >= 15 is 0 Å². The summed E-state index contributed by atoms with van der Waals surface area (Å²) in [5, 5.41) is 4.68. The van der Waals surface area contributed by atoms with E-state index in [2.05, 4.69) is 45.1 Å². The number of furan rings is 1. The van der Waals surface area contributed by atoms with Crippen molar-refractivity contribution in [2.45, 2.75) is 39.8 Å². The number of rotatable bonds is 3. The molecule has 2 rings (SSSR count). The van der Waals surface area contributed by atoms with Crippen LogP contribution in [0, 0.1) is 6.92 Å². The van der Waals surface area contributed by atoms with Crippen molar-refractivity contribution < 1.29 is 4.42 Å². The number of aryl methyl sites for hydroxylation is 1. The van der Waals surface area contributed by atoms with Crippen molar-refractivity contribution >= 4 is 11.0 Å². The van der Waals surface area contributed by atoms with Crippen LogP contribution in [0.5, 0.6) is 0 Å². The van der Waals surface area contributed by atoms with E-state index in [9.17, 15) is 0 Å². The fourth-order valence-electron chi connectivity index (χ4n) is 2.18. The molecular formula is C14H19NO. The molecule has 0 spiro atoms. The predicted molar refractivity (Wildman–Crippen MR) is 67.6 cm³/mol. The number of fused-ring (bicyclic) bond motifs is 1. The Morgan fingerprint density at radius 3 is 2.44 bits per heavy atom. The molecule has 1 N–H and O–H groups in total. The molecule has 0 aliphatic heterocycles. The number of hydrogen-bond acceptors (Lipinski definition) is 2. The molecule has 1 aromatic heterocycles. The number of nitrogens with one attached hydrogen (secondary N) is 1. The molecule has 0 aliphatic carbocycles. The molecule has 0 radical (unpaired) electrons. The molecule has 0 saturated heterocycles. The molecule has 0 saturated carbocycles. The first-order valence-electron chi connectivity index (χ1n) is 5.83. The Labute approximate surface area is 96.6 Å². The van der Waals surface area contributed by atoms with Crippen molar-refractivity contribution in [3.63, 3.8) is 0 Å². The van der Waals surface area contributed by atoms with Gasteiger partial charge in [0, 0.05) is 11.4 Å². The van der Waals surface area contributed by atoms with Gasteiger partial charge in [0.2, 0.25) is 0 Å². The SMILES string of the molecule is Cc1c(C(C)NC(C)C)oc2ccccc12. The van der Waals surface area contributed by atoms with E-state index < -0.39 is 0 Å². The Bertz CT molecular complexity index is 484. The first kappa shape index (κ1) is 11.2. The predicted octanol–water partition coefficient (Wildman–Crippen LogP) is 3.80. The van der Waals surface area contributed by atoms with Crippen molar-refractivity contribution in [1.29, 1.82) is 0 Å². The molecule has 2 nitrogen and oxygen atoms in total. The molecule has 86 valence electrons. The van der Waals surface area contributed by atoms with E-state index in [-0.39, 0.29) is 6.04 Å². The van der Waals surface area contributed by atoms with Crippen LogP contribution in [0.4, 0.5) is 0 Å². The highest BCUT2D eigenvalue weighted by Gasteiger charge is 2.16. The molecule has 2 aromatic rings. The maximum atomic E-state index is 5.90. The summed E-state index contributed by atoms with van der Waals surface area (Å²) >= 11 is 0. The minimum absolute atomic E-state index is 0.257. The molecule has 1 heterocycles. The zero-order valence-corrected chi connectivity index (χ0v) is 10.4. The van der Waals surface area contributed by atoms with Crippen LogP contribution in [0.25, 0.3) is 11.0 Å². The minimum Gasteiger partial charge on any atom is -0.459 e. The van der Waals surface area contributed by atoms with Crippen molar-refractivity contribution in [3.8, 4) is 0 Å².